The summed E-state index contributed by atoms with van der Waals surface area (Å²) in [7, 11) is 0. The Morgan fingerprint density at radius 1 is 0.938 bits per heavy atom. The highest BCUT2D eigenvalue weighted by Gasteiger charge is 2.31. The highest BCUT2D eigenvalue weighted by atomic mass is 16.5. The predicted molar refractivity (Wildman–Crippen MR) is 137 cm³/mol. The van der Waals surface area contributed by atoms with E-state index in [0.717, 1.165) is 13.1 Å². The number of hydrogen-bond donors (Lipinski definition) is 0. The third-order valence-electron chi connectivity index (χ3n) is 8.12. The molecule has 180 valence electrons. The molecule has 2 heterocycles. The molecular formula is C28H47N3O. The molecule has 0 bridgehead atoms. The number of ether oxygens (including phenoxy) is 1. The van der Waals surface area contributed by atoms with E-state index in [1.165, 1.54) is 82.6 Å². The summed E-state index contributed by atoms with van der Waals surface area (Å²) in [6.45, 7) is 19.6. The van der Waals surface area contributed by atoms with Crippen LogP contribution in [-0.4, -0.2) is 62.9 Å². The zero-order valence-electron chi connectivity index (χ0n) is 21.4. The fraction of sp³-hybridized carbons (Fsp3) is 0.786. The maximum Gasteiger partial charge on any atom is 0.0726 e. The second kappa shape index (κ2) is 10.3. The van der Waals surface area contributed by atoms with Gasteiger partial charge >= 0.3 is 0 Å². The summed E-state index contributed by atoms with van der Waals surface area (Å²) in [6, 6.07) is 7.41. The Morgan fingerprint density at radius 2 is 1.59 bits per heavy atom. The molecule has 1 aromatic rings. The van der Waals surface area contributed by atoms with E-state index in [4.69, 9.17) is 4.74 Å². The molecule has 0 aromatic heterocycles. The molecule has 0 radical (unpaired) electrons. The number of piperazine rings is 1. The van der Waals surface area contributed by atoms with Crippen LogP contribution in [0.25, 0.3) is 0 Å². The van der Waals surface area contributed by atoms with Crippen LogP contribution in [-0.2, 0) is 4.74 Å². The summed E-state index contributed by atoms with van der Waals surface area (Å²) >= 11 is 0. The van der Waals surface area contributed by atoms with Crippen LogP contribution in [0.3, 0.4) is 0 Å². The molecule has 4 nitrogen and oxygen atoms in total. The molecule has 1 saturated carbocycles. The molecule has 2 saturated heterocycles. The Bertz CT molecular complexity index is 720. The van der Waals surface area contributed by atoms with Crippen molar-refractivity contribution in [2.45, 2.75) is 91.3 Å². The minimum Gasteiger partial charge on any atom is -0.372 e. The van der Waals surface area contributed by atoms with Gasteiger partial charge in [-0.2, -0.15) is 0 Å². The van der Waals surface area contributed by atoms with Gasteiger partial charge in [-0.3, -0.25) is 4.90 Å². The van der Waals surface area contributed by atoms with E-state index in [0.29, 0.717) is 23.5 Å². The second-order valence-electron chi connectivity index (χ2n) is 11.5. The van der Waals surface area contributed by atoms with Gasteiger partial charge in [-0.1, -0.05) is 27.2 Å². The van der Waals surface area contributed by atoms with Crippen LogP contribution in [0.4, 0.5) is 11.4 Å². The second-order valence-corrected chi connectivity index (χ2v) is 11.5. The SMILES string of the molecule is CCCCN1CCN(c2ccc(N3CC(C)OC(C)C3)cc2C2CCC(C)(C)CC2)CC1. The molecule has 3 fully saturated rings. The van der Waals surface area contributed by atoms with Crippen LogP contribution in [0.1, 0.15) is 84.6 Å². The van der Waals surface area contributed by atoms with Gasteiger partial charge in [-0.25, -0.2) is 0 Å². The standard InChI is InChI=1S/C28H47N3O/c1-6-7-14-29-15-17-30(18-16-29)27-9-8-25(31-20-22(2)32-23(3)21-31)19-26(27)24-10-12-28(4,5)13-11-24/h8-9,19,22-24H,6-7,10-18,20-21H2,1-5H3. The molecule has 2 aliphatic heterocycles. The normalized spacial score (nSPS) is 27.7. The third-order valence-corrected chi connectivity index (χ3v) is 8.12. The van der Waals surface area contributed by atoms with Gasteiger partial charge in [0.05, 0.1) is 12.2 Å². The van der Waals surface area contributed by atoms with Gasteiger partial charge in [0.25, 0.3) is 0 Å². The number of benzene rings is 1. The monoisotopic (exact) mass is 441 g/mol. The maximum absolute atomic E-state index is 6.01. The van der Waals surface area contributed by atoms with Crippen LogP contribution in [0, 0.1) is 5.41 Å². The van der Waals surface area contributed by atoms with Gasteiger partial charge in [0.15, 0.2) is 0 Å². The number of unbranched alkanes of at least 4 members (excludes halogenated alkanes) is 1. The van der Waals surface area contributed by atoms with Gasteiger partial charge in [0.1, 0.15) is 0 Å². The van der Waals surface area contributed by atoms with E-state index in [9.17, 15) is 0 Å². The highest BCUT2D eigenvalue weighted by molar-refractivity contribution is 5.64. The summed E-state index contributed by atoms with van der Waals surface area (Å²) in [5, 5.41) is 0. The topological polar surface area (TPSA) is 19.0 Å². The van der Waals surface area contributed by atoms with Crippen molar-refractivity contribution >= 4 is 11.4 Å². The van der Waals surface area contributed by atoms with Crippen molar-refractivity contribution in [2.75, 3.05) is 55.6 Å². The molecule has 0 amide bonds. The van der Waals surface area contributed by atoms with Gasteiger partial charge in [0.2, 0.25) is 0 Å². The summed E-state index contributed by atoms with van der Waals surface area (Å²) in [6.07, 6.45) is 8.57. The minimum absolute atomic E-state index is 0.300. The van der Waals surface area contributed by atoms with Crippen molar-refractivity contribution in [3.8, 4) is 0 Å². The molecule has 4 rings (SSSR count). The molecule has 4 heteroatoms. The molecule has 2 unspecified atom stereocenters. The van der Waals surface area contributed by atoms with Gasteiger partial charge in [0, 0.05) is 50.6 Å². The van der Waals surface area contributed by atoms with Crippen molar-refractivity contribution < 1.29 is 4.74 Å². The van der Waals surface area contributed by atoms with E-state index in [-0.39, 0.29) is 0 Å². The lowest BCUT2D eigenvalue weighted by Crippen LogP contribution is -2.47. The molecule has 0 spiro atoms. The highest BCUT2D eigenvalue weighted by Crippen LogP contribution is 2.45. The van der Waals surface area contributed by atoms with Crippen molar-refractivity contribution in [1.82, 2.24) is 4.90 Å². The fourth-order valence-corrected chi connectivity index (χ4v) is 6.05. The number of hydrogen-bond acceptors (Lipinski definition) is 4. The van der Waals surface area contributed by atoms with Crippen LogP contribution in [0.15, 0.2) is 18.2 Å². The Kier molecular flexibility index (Phi) is 7.72. The average Bonchev–Trinajstić information content (AvgIpc) is 2.77. The summed E-state index contributed by atoms with van der Waals surface area (Å²) < 4.78 is 6.01. The molecule has 1 aliphatic carbocycles. The number of anilines is 2. The Morgan fingerprint density at radius 3 is 2.22 bits per heavy atom. The van der Waals surface area contributed by atoms with Crippen molar-refractivity contribution in [1.29, 1.82) is 0 Å². The van der Waals surface area contributed by atoms with Gasteiger partial charge in [-0.05, 0) is 87.6 Å². The zero-order chi connectivity index (χ0) is 22.7. The lowest BCUT2D eigenvalue weighted by Gasteiger charge is -2.41. The third kappa shape index (κ3) is 5.80. The first-order valence-corrected chi connectivity index (χ1v) is 13.4. The predicted octanol–water partition coefficient (Wildman–Crippen LogP) is 5.91. The molecule has 3 aliphatic rings. The van der Waals surface area contributed by atoms with Crippen LogP contribution in [0.2, 0.25) is 0 Å². The van der Waals surface area contributed by atoms with Crippen molar-refractivity contribution in [3.63, 3.8) is 0 Å². The average molecular weight is 442 g/mol. The quantitative estimate of drug-likeness (QED) is 0.546. The minimum atomic E-state index is 0.300. The molecular weight excluding hydrogens is 394 g/mol. The van der Waals surface area contributed by atoms with Gasteiger partial charge in [-0.15, -0.1) is 0 Å². The van der Waals surface area contributed by atoms with Crippen LogP contribution in [0.5, 0.6) is 0 Å². The Balaban J connectivity index is 1.55. The lowest BCUT2D eigenvalue weighted by molar-refractivity contribution is -0.00522. The Labute approximate surface area is 197 Å². The summed E-state index contributed by atoms with van der Waals surface area (Å²) in [5.41, 5.74) is 5.04. The van der Waals surface area contributed by atoms with Crippen LogP contribution < -0.4 is 9.80 Å². The number of nitrogens with zero attached hydrogens (tertiary/aromatic N) is 3. The summed E-state index contributed by atoms with van der Waals surface area (Å²) in [5.74, 6) is 0.701. The number of rotatable bonds is 6. The first-order valence-electron chi connectivity index (χ1n) is 13.4. The first kappa shape index (κ1) is 23.9. The smallest absolute Gasteiger partial charge is 0.0726 e. The van der Waals surface area contributed by atoms with Crippen molar-refractivity contribution in [3.05, 3.63) is 23.8 Å². The van der Waals surface area contributed by atoms with E-state index < -0.39 is 0 Å². The van der Waals surface area contributed by atoms with Crippen LogP contribution >= 0.6 is 0 Å². The van der Waals surface area contributed by atoms with E-state index >= 15 is 0 Å². The van der Waals surface area contributed by atoms with E-state index in [1.807, 2.05) is 0 Å². The lowest BCUT2D eigenvalue weighted by atomic mass is 9.71. The first-order chi connectivity index (χ1) is 15.3. The van der Waals surface area contributed by atoms with Crippen molar-refractivity contribution in [2.24, 2.45) is 5.41 Å². The van der Waals surface area contributed by atoms with Gasteiger partial charge < -0.3 is 14.5 Å². The Hall–Kier alpha value is -1.26. The largest absolute Gasteiger partial charge is 0.372 e. The fourth-order valence-electron chi connectivity index (χ4n) is 6.05. The van der Waals surface area contributed by atoms with E-state index in [1.54, 1.807) is 5.56 Å². The molecule has 2 atom stereocenters. The molecule has 1 aromatic carbocycles. The molecule has 32 heavy (non-hydrogen) atoms. The summed E-state index contributed by atoms with van der Waals surface area (Å²) in [4.78, 5) is 7.90. The molecule has 0 N–H and O–H groups in total. The maximum atomic E-state index is 6.01. The zero-order valence-corrected chi connectivity index (χ0v) is 21.4. The van der Waals surface area contributed by atoms with E-state index in [2.05, 4.69) is 67.5 Å². The number of morpholine rings is 1.